The number of carbonyl (C=O) groups is 4. The van der Waals surface area contributed by atoms with Crippen molar-refractivity contribution in [1.82, 2.24) is 5.32 Å². The summed E-state index contributed by atoms with van der Waals surface area (Å²) < 4.78 is 0. The van der Waals surface area contributed by atoms with E-state index in [2.05, 4.69) is 11.9 Å². The number of amides is 1. The van der Waals surface area contributed by atoms with Crippen molar-refractivity contribution in [2.45, 2.75) is 27.7 Å². The van der Waals surface area contributed by atoms with Crippen molar-refractivity contribution >= 4 is 23.4 Å². The minimum atomic E-state index is -1.11. The number of aliphatic carboxylic acids is 1. The van der Waals surface area contributed by atoms with Gasteiger partial charge in [-0.05, 0) is 33.8 Å². The average Bonchev–Trinajstić information content (AvgIpc) is 2.15. The van der Waals surface area contributed by atoms with Gasteiger partial charge in [-0.25, -0.2) is 4.79 Å². The number of rotatable bonds is 3. The Bertz CT molecular complexity index is 311. The number of Topliss-reactive ketones (excluding diaryl/α,β-unsaturated/α-hetero) is 2. The van der Waals surface area contributed by atoms with Crippen molar-refractivity contribution in [1.29, 1.82) is 0 Å². The van der Waals surface area contributed by atoms with Crippen LogP contribution < -0.4 is 5.32 Å². The van der Waals surface area contributed by atoms with E-state index in [9.17, 15) is 19.2 Å². The summed E-state index contributed by atoms with van der Waals surface area (Å²) in [5, 5.41) is 10.2. The molecule has 102 valence electrons. The fourth-order valence-corrected chi connectivity index (χ4v) is 0.254. The van der Waals surface area contributed by atoms with Crippen molar-refractivity contribution in [3.05, 3.63) is 24.9 Å². The molecule has 0 bridgehead atoms. The van der Waals surface area contributed by atoms with E-state index in [1.54, 1.807) is 0 Å². The Hall–Kier alpha value is -2.24. The maximum Gasteiger partial charge on any atom is 0.329 e. The summed E-state index contributed by atoms with van der Waals surface area (Å²) in [5.41, 5.74) is 0. The van der Waals surface area contributed by atoms with Crippen LogP contribution in [0.2, 0.25) is 0 Å². The van der Waals surface area contributed by atoms with Gasteiger partial charge in [0.15, 0.2) is 0 Å². The van der Waals surface area contributed by atoms with Gasteiger partial charge in [0.05, 0.1) is 0 Å². The van der Waals surface area contributed by atoms with Crippen molar-refractivity contribution < 1.29 is 24.3 Å². The van der Waals surface area contributed by atoms with Crippen LogP contribution in [0.15, 0.2) is 24.9 Å². The Balaban J connectivity index is -0.000000233. The maximum atomic E-state index is 10.3. The molecule has 0 unspecified atom stereocenters. The van der Waals surface area contributed by atoms with Gasteiger partial charge in [-0.15, -0.1) is 0 Å². The monoisotopic (exact) mass is 257 g/mol. The Morgan fingerprint density at radius 3 is 1.56 bits per heavy atom. The number of hydrogen-bond acceptors (Lipinski definition) is 4. The predicted molar refractivity (Wildman–Crippen MR) is 67.8 cm³/mol. The first-order valence-corrected chi connectivity index (χ1v) is 4.90. The molecule has 18 heavy (non-hydrogen) atoms. The van der Waals surface area contributed by atoms with Gasteiger partial charge >= 0.3 is 5.97 Å². The van der Waals surface area contributed by atoms with Gasteiger partial charge in [0.25, 0.3) is 0 Å². The van der Waals surface area contributed by atoms with Crippen LogP contribution in [-0.4, -0.2) is 28.5 Å². The second kappa shape index (κ2) is 14.8. The second-order valence-electron chi connectivity index (χ2n) is 3.20. The molecule has 0 saturated heterocycles. The average molecular weight is 257 g/mol. The number of carboxylic acid groups (broad SMARTS) is 1. The molecule has 1 amide bonds. The molecule has 0 aromatic carbocycles. The summed E-state index contributed by atoms with van der Waals surface area (Å²) in [6, 6.07) is 0. The third-order valence-electron chi connectivity index (χ3n) is 0.637. The standard InChI is InChI=1S/C6H7NO3.2C3H6O/c1-2-5(8)7-4-3-6(9)10;2*1-3(2)4/h2-4H,1H2,(H,7,8)(H,9,10);2*1-2H3. The summed E-state index contributed by atoms with van der Waals surface area (Å²) in [6.07, 6.45) is 2.90. The molecule has 0 heterocycles. The zero-order valence-corrected chi connectivity index (χ0v) is 11.0. The van der Waals surface area contributed by atoms with Gasteiger partial charge < -0.3 is 20.0 Å². The number of carbonyl (C=O) groups excluding carboxylic acids is 3. The van der Waals surface area contributed by atoms with Crippen LogP contribution in [0.4, 0.5) is 0 Å². The number of nitrogens with one attached hydrogen (secondary N) is 1. The molecule has 2 N–H and O–H groups in total. The Labute approximate surface area is 106 Å². The van der Waals surface area contributed by atoms with E-state index in [-0.39, 0.29) is 11.6 Å². The highest BCUT2D eigenvalue weighted by atomic mass is 16.4. The lowest BCUT2D eigenvalue weighted by molar-refractivity contribution is -0.131. The first-order valence-electron chi connectivity index (χ1n) is 4.90. The van der Waals surface area contributed by atoms with Crippen LogP contribution in [0.1, 0.15) is 27.7 Å². The summed E-state index contributed by atoms with van der Waals surface area (Å²) >= 11 is 0. The first-order chi connectivity index (χ1) is 8.13. The van der Waals surface area contributed by atoms with E-state index >= 15 is 0 Å². The van der Waals surface area contributed by atoms with Crippen LogP contribution in [0, 0.1) is 0 Å². The third-order valence-corrected chi connectivity index (χ3v) is 0.637. The molecule has 0 atom stereocenters. The molecule has 0 rings (SSSR count). The molecular formula is C12H19NO5. The molecule has 0 aliphatic heterocycles. The number of ketones is 2. The fourth-order valence-electron chi connectivity index (χ4n) is 0.254. The number of carboxylic acids is 1. The second-order valence-corrected chi connectivity index (χ2v) is 3.20. The largest absolute Gasteiger partial charge is 0.478 e. The summed E-state index contributed by atoms with van der Waals surface area (Å²) in [5.74, 6) is -1.21. The van der Waals surface area contributed by atoms with Gasteiger partial charge in [0.1, 0.15) is 11.6 Å². The maximum absolute atomic E-state index is 10.3. The van der Waals surface area contributed by atoms with Crippen molar-refractivity contribution in [2.24, 2.45) is 0 Å². The smallest absolute Gasteiger partial charge is 0.329 e. The zero-order valence-electron chi connectivity index (χ0n) is 11.0. The van der Waals surface area contributed by atoms with E-state index in [1.165, 1.54) is 27.7 Å². The van der Waals surface area contributed by atoms with E-state index in [0.717, 1.165) is 18.4 Å². The molecule has 6 heteroatoms. The quantitative estimate of drug-likeness (QED) is 0.737. The number of hydrogen-bond donors (Lipinski definition) is 2. The van der Waals surface area contributed by atoms with E-state index < -0.39 is 11.9 Å². The molecular weight excluding hydrogens is 238 g/mol. The van der Waals surface area contributed by atoms with Crippen molar-refractivity contribution in [3.8, 4) is 0 Å². The molecule has 0 spiro atoms. The lowest BCUT2D eigenvalue weighted by atomic mass is 10.5. The highest BCUT2D eigenvalue weighted by molar-refractivity contribution is 5.88. The van der Waals surface area contributed by atoms with Crippen molar-refractivity contribution in [3.63, 3.8) is 0 Å². The Morgan fingerprint density at radius 2 is 1.33 bits per heavy atom. The van der Waals surface area contributed by atoms with Crippen LogP contribution in [0.25, 0.3) is 0 Å². The molecule has 0 radical (unpaired) electrons. The molecule has 0 aliphatic carbocycles. The van der Waals surface area contributed by atoms with Gasteiger partial charge in [-0.3, -0.25) is 4.79 Å². The lowest BCUT2D eigenvalue weighted by Crippen LogP contribution is -2.13. The first kappa shape index (κ1) is 21.1. The summed E-state index contributed by atoms with van der Waals surface area (Å²) in [7, 11) is 0. The summed E-state index contributed by atoms with van der Waals surface area (Å²) in [4.78, 5) is 39.0. The molecule has 0 saturated carbocycles. The van der Waals surface area contributed by atoms with Gasteiger partial charge in [0.2, 0.25) is 5.91 Å². The normalized spacial score (nSPS) is 8.00. The van der Waals surface area contributed by atoms with E-state index in [1.807, 2.05) is 0 Å². The Morgan fingerprint density at radius 1 is 1.00 bits per heavy atom. The van der Waals surface area contributed by atoms with Crippen molar-refractivity contribution in [2.75, 3.05) is 0 Å². The molecule has 0 aliphatic rings. The van der Waals surface area contributed by atoms with Crippen LogP contribution >= 0.6 is 0 Å². The zero-order chi connectivity index (χ0) is 15.1. The van der Waals surface area contributed by atoms with Crippen LogP contribution in [0.3, 0.4) is 0 Å². The Kier molecular flexibility index (Phi) is 17.3. The molecule has 0 aromatic rings. The predicted octanol–water partition coefficient (Wildman–Crippen LogP) is 1.08. The van der Waals surface area contributed by atoms with Gasteiger partial charge in [0, 0.05) is 12.3 Å². The van der Waals surface area contributed by atoms with E-state index in [0.29, 0.717) is 0 Å². The topological polar surface area (TPSA) is 101 Å². The third kappa shape index (κ3) is 67.5. The highest BCUT2D eigenvalue weighted by Crippen LogP contribution is 1.69. The summed E-state index contributed by atoms with van der Waals surface area (Å²) in [6.45, 7) is 9.28. The minimum absolute atomic E-state index is 0.167. The highest BCUT2D eigenvalue weighted by Gasteiger charge is 1.87. The molecule has 6 nitrogen and oxygen atoms in total. The minimum Gasteiger partial charge on any atom is -0.478 e. The molecule has 0 fully saturated rings. The van der Waals surface area contributed by atoms with Crippen LogP contribution in [-0.2, 0) is 19.2 Å². The van der Waals surface area contributed by atoms with Gasteiger partial charge in [-0.1, -0.05) is 6.58 Å². The lowest BCUT2D eigenvalue weighted by Gasteiger charge is -1.88. The van der Waals surface area contributed by atoms with Crippen LogP contribution in [0.5, 0.6) is 0 Å². The SMILES string of the molecule is C=CC(=O)NC=CC(=O)O.CC(C)=O.CC(C)=O. The van der Waals surface area contributed by atoms with E-state index in [4.69, 9.17) is 5.11 Å². The molecule has 0 aromatic heterocycles. The fraction of sp³-hybridized carbons (Fsp3) is 0.333. The van der Waals surface area contributed by atoms with Gasteiger partial charge in [-0.2, -0.15) is 0 Å².